The number of hydrogen-bond donors (Lipinski definition) is 1. The topological polar surface area (TPSA) is 24.5 Å². The van der Waals surface area contributed by atoms with Crippen molar-refractivity contribution in [2.45, 2.75) is 0 Å². The van der Waals surface area contributed by atoms with E-state index in [1.165, 1.54) is 5.69 Å². The first-order chi connectivity index (χ1) is 9.27. The van der Waals surface area contributed by atoms with Crippen LogP contribution in [0.5, 0.6) is 5.75 Å². The Hall–Kier alpha value is -2.16. The molecule has 0 bridgehead atoms. The lowest BCUT2D eigenvalue weighted by molar-refractivity contribution is 0.333. The standard InChI is InChI=1S/C16H20N2O/c1-18(2)16-11-7-6-10-15(16)17-12-13-19-14-8-4-3-5-9-14/h3-11,17H,12-13H2,1-2H3. The third-order valence-corrected chi connectivity index (χ3v) is 2.82. The average molecular weight is 256 g/mol. The molecule has 19 heavy (non-hydrogen) atoms. The highest BCUT2D eigenvalue weighted by atomic mass is 16.5. The Labute approximate surface area is 114 Å². The molecule has 0 saturated carbocycles. The van der Waals surface area contributed by atoms with Gasteiger partial charge in [-0.1, -0.05) is 30.3 Å². The highest BCUT2D eigenvalue weighted by Crippen LogP contribution is 2.22. The molecule has 0 aromatic heterocycles. The number of nitrogens with zero attached hydrogens (tertiary/aromatic N) is 1. The van der Waals surface area contributed by atoms with Crippen molar-refractivity contribution in [2.24, 2.45) is 0 Å². The van der Waals surface area contributed by atoms with Crippen LogP contribution in [0, 0.1) is 0 Å². The SMILES string of the molecule is CN(C)c1ccccc1NCCOc1ccccc1. The number of para-hydroxylation sites is 3. The first kappa shape index (κ1) is 13.3. The third kappa shape index (κ3) is 3.91. The summed E-state index contributed by atoms with van der Waals surface area (Å²) in [5, 5.41) is 3.40. The van der Waals surface area contributed by atoms with Crippen molar-refractivity contribution in [3.8, 4) is 5.75 Å². The third-order valence-electron chi connectivity index (χ3n) is 2.82. The van der Waals surface area contributed by atoms with Crippen LogP contribution in [0.1, 0.15) is 0 Å². The fourth-order valence-corrected chi connectivity index (χ4v) is 1.88. The molecule has 0 radical (unpaired) electrons. The van der Waals surface area contributed by atoms with E-state index in [9.17, 15) is 0 Å². The van der Waals surface area contributed by atoms with Crippen LogP contribution in [0.25, 0.3) is 0 Å². The summed E-state index contributed by atoms with van der Waals surface area (Å²) in [6, 6.07) is 18.1. The molecule has 2 aromatic rings. The lowest BCUT2D eigenvalue weighted by atomic mass is 10.2. The van der Waals surface area contributed by atoms with E-state index in [0.29, 0.717) is 6.61 Å². The molecule has 3 nitrogen and oxygen atoms in total. The lowest BCUT2D eigenvalue weighted by Gasteiger charge is -2.18. The van der Waals surface area contributed by atoms with Gasteiger partial charge in [0, 0.05) is 20.6 Å². The fourth-order valence-electron chi connectivity index (χ4n) is 1.88. The van der Waals surface area contributed by atoms with Crippen LogP contribution in [0.3, 0.4) is 0 Å². The van der Waals surface area contributed by atoms with Gasteiger partial charge >= 0.3 is 0 Å². The van der Waals surface area contributed by atoms with E-state index in [1.807, 2.05) is 56.6 Å². The number of anilines is 2. The minimum absolute atomic E-state index is 0.645. The molecule has 100 valence electrons. The molecule has 0 aliphatic carbocycles. The summed E-state index contributed by atoms with van der Waals surface area (Å²) >= 11 is 0. The molecule has 0 aliphatic heterocycles. The van der Waals surface area contributed by atoms with Crippen molar-refractivity contribution >= 4 is 11.4 Å². The zero-order valence-corrected chi connectivity index (χ0v) is 11.5. The van der Waals surface area contributed by atoms with Gasteiger partial charge in [0.05, 0.1) is 11.4 Å². The van der Waals surface area contributed by atoms with E-state index < -0.39 is 0 Å². The van der Waals surface area contributed by atoms with E-state index in [2.05, 4.69) is 22.3 Å². The molecular weight excluding hydrogens is 236 g/mol. The van der Waals surface area contributed by atoms with Gasteiger partial charge in [0.25, 0.3) is 0 Å². The number of rotatable bonds is 6. The molecule has 0 heterocycles. The minimum Gasteiger partial charge on any atom is -0.492 e. The Morgan fingerprint density at radius 3 is 2.37 bits per heavy atom. The molecule has 0 aliphatic rings. The van der Waals surface area contributed by atoms with Gasteiger partial charge in [-0.3, -0.25) is 0 Å². The van der Waals surface area contributed by atoms with E-state index in [4.69, 9.17) is 4.74 Å². The molecule has 0 spiro atoms. The number of ether oxygens (including phenoxy) is 1. The van der Waals surface area contributed by atoms with Crippen LogP contribution in [0.15, 0.2) is 54.6 Å². The predicted octanol–water partition coefficient (Wildman–Crippen LogP) is 3.24. The van der Waals surface area contributed by atoms with Gasteiger partial charge in [-0.25, -0.2) is 0 Å². The molecule has 0 amide bonds. The Morgan fingerprint density at radius 2 is 1.63 bits per heavy atom. The Kier molecular flexibility index (Phi) is 4.67. The van der Waals surface area contributed by atoms with E-state index >= 15 is 0 Å². The second-order valence-electron chi connectivity index (χ2n) is 4.50. The van der Waals surface area contributed by atoms with Gasteiger partial charge in [0.15, 0.2) is 0 Å². The molecule has 0 unspecified atom stereocenters. The van der Waals surface area contributed by atoms with Crippen LogP contribution >= 0.6 is 0 Å². The summed E-state index contributed by atoms with van der Waals surface area (Å²) < 4.78 is 5.65. The highest BCUT2D eigenvalue weighted by molar-refractivity contribution is 5.69. The van der Waals surface area contributed by atoms with Gasteiger partial charge in [-0.2, -0.15) is 0 Å². The van der Waals surface area contributed by atoms with Gasteiger partial charge < -0.3 is 15.0 Å². The molecule has 3 heteroatoms. The van der Waals surface area contributed by atoms with Crippen molar-refractivity contribution in [3.05, 3.63) is 54.6 Å². The molecule has 2 rings (SSSR count). The summed E-state index contributed by atoms with van der Waals surface area (Å²) in [4.78, 5) is 2.10. The minimum atomic E-state index is 0.645. The van der Waals surface area contributed by atoms with Crippen LogP contribution in [-0.2, 0) is 0 Å². The lowest BCUT2D eigenvalue weighted by Crippen LogP contribution is -2.15. The van der Waals surface area contributed by atoms with Crippen molar-refractivity contribution in [3.63, 3.8) is 0 Å². The fraction of sp³-hybridized carbons (Fsp3) is 0.250. The number of benzene rings is 2. The highest BCUT2D eigenvalue weighted by Gasteiger charge is 2.02. The first-order valence-corrected chi connectivity index (χ1v) is 6.45. The summed E-state index contributed by atoms with van der Waals surface area (Å²) in [5.74, 6) is 0.908. The second-order valence-corrected chi connectivity index (χ2v) is 4.50. The van der Waals surface area contributed by atoms with Crippen molar-refractivity contribution in [1.82, 2.24) is 0 Å². The maximum absolute atomic E-state index is 5.65. The summed E-state index contributed by atoms with van der Waals surface area (Å²) in [6.07, 6.45) is 0. The Morgan fingerprint density at radius 1 is 0.947 bits per heavy atom. The number of nitrogens with one attached hydrogen (secondary N) is 1. The smallest absolute Gasteiger partial charge is 0.119 e. The van der Waals surface area contributed by atoms with Crippen LogP contribution in [0.2, 0.25) is 0 Å². The Bertz CT molecular complexity index is 497. The van der Waals surface area contributed by atoms with Gasteiger partial charge in [0.1, 0.15) is 12.4 Å². The van der Waals surface area contributed by atoms with Gasteiger partial charge in [0.2, 0.25) is 0 Å². The molecular formula is C16H20N2O. The molecule has 0 atom stereocenters. The van der Waals surface area contributed by atoms with Crippen molar-refractivity contribution in [1.29, 1.82) is 0 Å². The zero-order valence-electron chi connectivity index (χ0n) is 11.5. The first-order valence-electron chi connectivity index (χ1n) is 6.45. The molecule has 1 N–H and O–H groups in total. The maximum Gasteiger partial charge on any atom is 0.119 e. The van der Waals surface area contributed by atoms with Crippen molar-refractivity contribution in [2.75, 3.05) is 37.5 Å². The second kappa shape index (κ2) is 6.69. The zero-order chi connectivity index (χ0) is 13.5. The van der Waals surface area contributed by atoms with Gasteiger partial charge in [-0.15, -0.1) is 0 Å². The average Bonchev–Trinajstić information content (AvgIpc) is 2.45. The summed E-state index contributed by atoms with van der Waals surface area (Å²) in [5.41, 5.74) is 2.31. The predicted molar refractivity (Wildman–Crippen MR) is 81.2 cm³/mol. The van der Waals surface area contributed by atoms with E-state index in [0.717, 1.165) is 18.0 Å². The summed E-state index contributed by atoms with van der Waals surface area (Å²) in [7, 11) is 4.09. The van der Waals surface area contributed by atoms with Crippen molar-refractivity contribution < 1.29 is 4.74 Å². The molecule has 2 aromatic carbocycles. The maximum atomic E-state index is 5.65. The number of hydrogen-bond acceptors (Lipinski definition) is 3. The Balaban J connectivity index is 1.83. The van der Waals surface area contributed by atoms with Crippen LogP contribution in [0.4, 0.5) is 11.4 Å². The normalized spacial score (nSPS) is 10.0. The van der Waals surface area contributed by atoms with E-state index in [-0.39, 0.29) is 0 Å². The largest absolute Gasteiger partial charge is 0.492 e. The van der Waals surface area contributed by atoms with Crippen LogP contribution in [-0.4, -0.2) is 27.2 Å². The molecule has 0 fully saturated rings. The summed E-state index contributed by atoms with van der Waals surface area (Å²) in [6.45, 7) is 1.42. The quantitative estimate of drug-likeness (QED) is 0.803. The molecule has 0 saturated heterocycles. The monoisotopic (exact) mass is 256 g/mol. The van der Waals surface area contributed by atoms with Gasteiger partial charge in [-0.05, 0) is 24.3 Å². The van der Waals surface area contributed by atoms with Crippen LogP contribution < -0.4 is 15.0 Å². The van der Waals surface area contributed by atoms with E-state index in [1.54, 1.807) is 0 Å².